The van der Waals surface area contributed by atoms with Gasteiger partial charge in [0.15, 0.2) is 0 Å². The molecule has 7 rings (SSSR count). The van der Waals surface area contributed by atoms with E-state index in [1.807, 2.05) is 25.6 Å². The molecule has 2 bridgehead atoms. The monoisotopic (exact) mass is 372 g/mol. The Bertz CT molecular complexity index is 1140. The number of rotatable bonds is 3. The molecule has 0 amide bonds. The number of aromatic nitrogens is 6. The molecule has 2 N–H and O–H groups in total. The predicted molar refractivity (Wildman–Crippen MR) is 107 cm³/mol. The van der Waals surface area contributed by atoms with Gasteiger partial charge >= 0.3 is 0 Å². The number of anilines is 1. The molecule has 3 aliphatic heterocycles. The van der Waals surface area contributed by atoms with Crippen molar-refractivity contribution >= 4 is 16.9 Å². The summed E-state index contributed by atoms with van der Waals surface area (Å²) in [5, 5.41) is 8.79. The zero-order valence-electron chi connectivity index (χ0n) is 15.5. The zero-order valence-corrected chi connectivity index (χ0v) is 15.5. The van der Waals surface area contributed by atoms with Gasteiger partial charge in [-0.3, -0.25) is 4.68 Å². The lowest BCUT2D eigenvalue weighted by Gasteiger charge is -2.48. The van der Waals surface area contributed by atoms with Crippen molar-refractivity contribution in [3.63, 3.8) is 0 Å². The fourth-order valence-corrected chi connectivity index (χ4v) is 4.30. The molecule has 140 valence electrons. The maximum atomic E-state index is 4.72. The van der Waals surface area contributed by atoms with Crippen LogP contribution in [-0.4, -0.2) is 54.9 Å². The second kappa shape index (κ2) is 5.87. The minimum Gasteiger partial charge on any atom is -0.353 e. The van der Waals surface area contributed by atoms with Crippen molar-refractivity contribution in [2.45, 2.75) is 18.5 Å². The molecular formula is C20H20N8. The van der Waals surface area contributed by atoms with Crippen molar-refractivity contribution in [3.05, 3.63) is 43.1 Å². The van der Waals surface area contributed by atoms with Gasteiger partial charge in [0, 0.05) is 61.1 Å². The highest BCUT2D eigenvalue weighted by molar-refractivity contribution is 5.93. The number of aromatic amines is 1. The number of pyridine rings is 1. The molecule has 0 saturated carbocycles. The minimum atomic E-state index is 0.618. The number of nitrogens with zero attached hydrogens (tertiary/aromatic N) is 6. The summed E-state index contributed by atoms with van der Waals surface area (Å²) in [5.41, 5.74) is 4.70. The molecule has 3 saturated heterocycles. The topological polar surface area (TPSA) is 87.5 Å². The van der Waals surface area contributed by atoms with Crippen LogP contribution in [0.15, 0.2) is 43.1 Å². The molecule has 0 aromatic carbocycles. The summed E-state index contributed by atoms with van der Waals surface area (Å²) >= 11 is 0. The Labute approximate surface area is 161 Å². The lowest BCUT2D eigenvalue weighted by molar-refractivity contribution is 0.225. The zero-order chi connectivity index (χ0) is 18.7. The fourth-order valence-electron chi connectivity index (χ4n) is 4.30. The van der Waals surface area contributed by atoms with Crippen LogP contribution in [0, 0.1) is 0 Å². The van der Waals surface area contributed by atoms with E-state index >= 15 is 0 Å². The van der Waals surface area contributed by atoms with E-state index in [0.717, 1.165) is 52.5 Å². The van der Waals surface area contributed by atoms with Crippen LogP contribution in [0.3, 0.4) is 0 Å². The van der Waals surface area contributed by atoms with E-state index < -0.39 is 0 Å². The molecule has 0 aliphatic carbocycles. The maximum absolute atomic E-state index is 4.72. The van der Waals surface area contributed by atoms with E-state index in [9.17, 15) is 0 Å². The van der Waals surface area contributed by atoms with E-state index in [2.05, 4.69) is 48.5 Å². The number of H-pyrrole nitrogens is 1. The number of nitrogens with one attached hydrogen (secondary N) is 2. The quantitative estimate of drug-likeness (QED) is 0.572. The van der Waals surface area contributed by atoms with Crippen LogP contribution in [0.25, 0.3) is 33.5 Å². The van der Waals surface area contributed by atoms with Crippen molar-refractivity contribution in [1.29, 1.82) is 0 Å². The molecule has 8 nitrogen and oxygen atoms in total. The SMILES string of the molecule is Cn1cc(-c2cc3c(-c4ccc(N5CC6CC(C5)N6)nc4)ncnc3[nH]2)cn1. The van der Waals surface area contributed by atoms with E-state index in [-0.39, 0.29) is 0 Å². The first kappa shape index (κ1) is 15.8. The van der Waals surface area contributed by atoms with Crippen LogP contribution in [0.2, 0.25) is 0 Å². The van der Waals surface area contributed by atoms with Gasteiger partial charge in [-0.1, -0.05) is 0 Å². The first-order chi connectivity index (χ1) is 13.7. The van der Waals surface area contributed by atoms with Gasteiger partial charge in [0.25, 0.3) is 0 Å². The second-order valence-corrected chi connectivity index (χ2v) is 7.68. The summed E-state index contributed by atoms with van der Waals surface area (Å²) in [6, 6.07) is 7.52. The molecule has 0 radical (unpaired) electrons. The average Bonchev–Trinajstić information content (AvgIpc) is 3.33. The van der Waals surface area contributed by atoms with Crippen molar-refractivity contribution in [1.82, 2.24) is 35.0 Å². The number of piperazine rings is 1. The number of aryl methyl sites for hydroxylation is 1. The normalized spacial score (nSPS) is 21.1. The molecule has 7 heterocycles. The first-order valence-corrected chi connectivity index (χ1v) is 9.53. The Balaban J connectivity index is 1.35. The van der Waals surface area contributed by atoms with Gasteiger partial charge in [-0.05, 0) is 24.6 Å². The van der Waals surface area contributed by atoms with Gasteiger partial charge in [0.05, 0.1) is 17.6 Å². The summed E-state index contributed by atoms with van der Waals surface area (Å²) in [6.07, 6.45) is 8.62. The van der Waals surface area contributed by atoms with Gasteiger partial charge in [0.2, 0.25) is 0 Å². The van der Waals surface area contributed by atoms with Gasteiger partial charge in [-0.25, -0.2) is 15.0 Å². The van der Waals surface area contributed by atoms with Crippen molar-refractivity contribution in [2.24, 2.45) is 7.05 Å². The highest BCUT2D eigenvalue weighted by Gasteiger charge is 2.36. The van der Waals surface area contributed by atoms with Crippen LogP contribution in [0.1, 0.15) is 6.42 Å². The molecule has 28 heavy (non-hydrogen) atoms. The third-order valence-corrected chi connectivity index (χ3v) is 5.71. The highest BCUT2D eigenvalue weighted by Crippen LogP contribution is 2.31. The largest absolute Gasteiger partial charge is 0.353 e. The van der Waals surface area contributed by atoms with Gasteiger partial charge in [-0.15, -0.1) is 0 Å². The lowest BCUT2D eigenvalue weighted by Crippen LogP contribution is -2.67. The average molecular weight is 372 g/mol. The summed E-state index contributed by atoms with van der Waals surface area (Å²) < 4.78 is 1.79. The van der Waals surface area contributed by atoms with Gasteiger partial charge < -0.3 is 15.2 Å². The predicted octanol–water partition coefficient (Wildman–Crippen LogP) is 1.97. The Morgan fingerprint density at radius 1 is 1.04 bits per heavy atom. The Morgan fingerprint density at radius 2 is 1.89 bits per heavy atom. The Kier molecular flexibility index (Phi) is 3.30. The molecule has 8 heteroatoms. The Morgan fingerprint density at radius 3 is 2.61 bits per heavy atom. The van der Waals surface area contributed by atoms with E-state index in [4.69, 9.17) is 4.98 Å². The number of fused-ring (bicyclic) bond motifs is 3. The van der Waals surface area contributed by atoms with Crippen LogP contribution in [0.5, 0.6) is 0 Å². The third-order valence-electron chi connectivity index (χ3n) is 5.71. The molecular weight excluding hydrogens is 352 g/mol. The van der Waals surface area contributed by atoms with E-state index in [1.165, 1.54) is 6.42 Å². The fraction of sp³-hybridized carbons (Fsp3) is 0.300. The van der Waals surface area contributed by atoms with Crippen LogP contribution in [-0.2, 0) is 7.05 Å². The molecule has 2 atom stereocenters. The lowest BCUT2D eigenvalue weighted by atomic mass is 9.91. The summed E-state index contributed by atoms with van der Waals surface area (Å²) in [6.45, 7) is 2.07. The molecule has 4 aromatic rings. The molecule has 3 aliphatic rings. The molecule has 3 fully saturated rings. The summed E-state index contributed by atoms with van der Waals surface area (Å²) in [5.74, 6) is 1.04. The maximum Gasteiger partial charge on any atom is 0.141 e. The Hall–Kier alpha value is -3.26. The smallest absolute Gasteiger partial charge is 0.141 e. The first-order valence-electron chi connectivity index (χ1n) is 9.53. The molecule has 2 unspecified atom stereocenters. The van der Waals surface area contributed by atoms with Crippen molar-refractivity contribution < 1.29 is 0 Å². The standard InChI is InChI=1S/C20H20N8/c1-27-8-13(7-24-27)17-5-16-19(22-11-23-20(16)26-17)12-2-3-18(21-6-12)28-9-14-4-15(10-28)25-14/h2-3,5-8,11,14-15,25H,4,9-10H2,1H3,(H,22,23,26). The van der Waals surface area contributed by atoms with Crippen LogP contribution in [0.4, 0.5) is 5.82 Å². The van der Waals surface area contributed by atoms with E-state index in [1.54, 1.807) is 11.0 Å². The van der Waals surface area contributed by atoms with E-state index in [0.29, 0.717) is 12.1 Å². The number of hydrogen-bond donors (Lipinski definition) is 2. The van der Waals surface area contributed by atoms with Crippen molar-refractivity contribution in [2.75, 3.05) is 18.0 Å². The van der Waals surface area contributed by atoms with Crippen LogP contribution < -0.4 is 10.2 Å². The van der Waals surface area contributed by atoms with Crippen molar-refractivity contribution in [3.8, 4) is 22.5 Å². The third kappa shape index (κ3) is 2.49. The summed E-state index contributed by atoms with van der Waals surface area (Å²) in [4.78, 5) is 19.4. The van der Waals surface area contributed by atoms with Gasteiger partial charge in [-0.2, -0.15) is 5.10 Å². The number of hydrogen-bond acceptors (Lipinski definition) is 6. The molecule has 0 spiro atoms. The van der Waals surface area contributed by atoms with Crippen LogP contribution >= 0.6 is 0 Å². The number of piperidine rings is 1. The van der Waals surface area contributed by atoms with Gasteiger partial charge in [0.1, 0.15) is 17.8 Å². The second-order valence-electron chi connectivity index (χ2n) is 7.68. The minimum absolute atomic E-state index is 0.618. The molecule has 4 aromatic heterocycles. The highest BCUT2D eigenvalue weighted by atomic mass is 15.3. The summed E-state index contributed by atoms with van der Waals surface area (Å²) in [7, 11) is 1.91.